The van der Waals surface area contributed by atoms with E-state index in [0.717, 1.165) is 55.6 Å². The highest BCUT2D eigenvalue weighted by atomic mass is 16.5. The molecule has 8 nitrogen and oxygen atoms in total. The van der Waals surface area contributed by atoms with Gasteiger partial charge in [0.2, 0.25) is 5.91 Å². The number of amides is 2. The highest BCUT2D eigenvalue weighted by molar-refractivity contribution is 5.97. The number of hydrogen-bond acceptors (Lipinski definition) is 5. The van der Waals surface area contributed by atoms with Crippen LogP contribution in [0.3, 0.4) is 0 Å². The minimum Gasteiger partial charge on any atom is -0.496 e. The van der Waals surface area contributed by atoms with Crippen LogP contribution < -0.4 is 4.74 Å². The second-order valence-corrected chi connectivity index (χ2v) is 12.0. The van der Waals surface area contributed by atoms with Crippen LogP contribution in [0, 0.1) is 29.6 Å². The molecule has 1 aliphatic carbocycles. The normalized spacial score (nSPS) is 25.2. The van der Waals surface area contributed by atoms with Crippen molar-refractivity contribution in [3.63, 3.8) is 0 Å². The summed E-state index contributed by atoms with van der Waals surface area (Å²) in [7, 11) is 3.51. The Morgan fingerprint density at radius 3 is 2.62 bits per heavy atom. The first kappa shape index (κ1) is 26.4. The van der Waals surface area contributed by atoms with Gasteiger partial charge in [0.15, 0.2) is 0 Å². The van der Waals surface area contributed by atoms with Crippen molar-refractivity contribution in [2.24, 2.45) is 11.3 Å². The van der Waals surface area contributed by atoms with Gasteiger partial charge in [-0.15, -0.1) is 0 Å². The summed E-state index contributed by atoms with van der Waals surface area (Å²) >= 11 is 0. The molecule has 2 aromatic carbocycles. The molecular weight excluding hydrogens is 502 g/mol. The molecular formula is C32H37N5O3. The van der Waals surface area contributed by atoms with E-state index in [9.17, 15) is 14.9 Å². The number of ether oxygens (including phenoxy) is 1. The Kier molecular flexibility index (Phi) is 6.79. The lowest BCUT2D eigenvalue weighted by Crippen LogP contribution is -2.50. The third-order valence-corrected chi connectivity index (χ3v) is 9.52. The van der Waals surface area contributed by atoms with Crippen molar-refractivity contribution in [3.8, 4) is 11.8 Å². The summed E-state index contributed by atoms with van der Waals surface area (Å²) < 4.78 is 5.86. The Labute approximate surface area is 235 Å². The molecule has 2 aliphatic heterocycles. The van der Waals surface area contributed by atoms with Crippen LogP contribution in [0.1, 0.15) is 58.8 Å². The number of benzene rings is 2. The van der Waals surface area contributed by atoms with Crippen LogP contribution in [0.4, 0.5) is 0 Å². The van der Waals surface area contributed by atoms with Crippen LogP contribution in [0.15, 0.2) is 42.6 Å². The molecule has 3 fully saturated rings. The van der Waals surface area contributed by atoms with E-state index in [2.05, 4.69) is 47.1 Å². The number of methoxy groups -OCH3 is 1. The number of fused-ring (bicyclic) bond motifs is 1. The molecule has 1 atom stereocenters. The summed E-state index contributed by atoms with van der Waals surface area (Å²) in [4.78, 5) is 34.6. The van der Waals surface area contributed by atoms with Crippen molar-refractivity contribution in [3.05, 3.63) is 64.8 Å². The predicted octanol–water partition coefficient (Wildman–Crippen LogP) is 4.66. The molecule has 1 unspecified atom stereocenters. The number of rotatable bonds is 5. The summed E-state index contributed by atoms with van der Waals surface area (Å²) in [5, 5.41) is 10.7. The maximum Gasteiger partial charge on any atom is 0.254 e. The Hall–Kier alpha value is -3.83. The number of nitrogens with zero attached hydrogens (tertiary/aromatic N) is 4. The first-order chi connectivity index (χ1) is 19.3. The number of aromatic nitrogens is 1. The van der Waals surface area contributed by atoms with Crippen molar-refractivity contribution >= 4 is 22.7 Å². The topological polar surface area (TPSA) is 92.7 Å². The lowest BCUT2D eigenvalue weighted by Gasteiger charge is -2.53. The van der Waals surface area contributed by atoms with Gasteiger partial charge in [0.05, 0.1) is 13.2 Å². The number of aromatic amines is 1. The molecule has 3 heterocycles. The molecule has 208 valence electrons. The van der Waals surface area contributed by atoms with E-state index in [1.54, 1.807) is 24.0 Å². The highest BCUT2D eigenvalue weighted by Crippen LogP contribution is 2.56. The fourth-order valence-corrected chi connectivity index (χ4v) is 7.09. The zero-order chi connectivity index (χ0) is 28.0. The van der Waals surface area contributed by atoms with Crippen LogP contribution >= 0.6 is 0 Å². The monoisotopic (exact) mass is 539 g/mol. The van der Waals surface area contributed by atoms with E-state index < -0.39 is 0 Å². The van der Waals surface area contributed by atoms with Gasteiger partial charge in [0, 0.05) is 66.9 Å². The van der Waals surface area contributed by atoms with E-state index in [4.69, 9.17) is 4.74 Å². The Bertz CT molecular complexity index is 1480. The van der Waals surface area contributed by atoms with Crippen molar-refractivity contribution < 1.29 is 14.3 Å². The summed E-state index contributed by atoms with van der Waals surface area (Å²) in [6.45, 7) is 5.03. The largest absolute Gasteiger partial charge is 0.496 e. The average Bonchev–Trinajstić information content (AvgIpc) is 3.45. The van der Waals surface area contributed by atoms with E-state index in [1.807, 2.05) is 18.3 Å². The second kappa shape index (κ2) is 10.3. The van der Waals surface area contributed by atoms with Crippen molar-refractivity contribution in [1.29, 1.82) is 5.26 Å². The van der Waals surface area contributed by atoms with Gasteiger partial charge in [-0.2, -0.15) is 5.26 Å². The fourth-order valence-electron chi connectivity index (χ4n) is 7.09. The Balaban J connectivity index is 1.28. The van der Waals surface area contributed by atoms with E-state index in [-0.39, 0.29) is 35.7 Å². The number of piperidine rings is 1. The molecule has 1 spiro atoms. The molecule has 1 aromatic heterocycles. The first-order valence-electron chi connectivity index (χ1n) is 14.2. The van der Waals surface area contributed by atoms with Crippen molar-refractivity contribution in [2.45, 2.75) is 45.2 Å². The standard InChI is InChI=1S/C32H37N5O3/c1-21-14-28(40-3)26(25-8-10-34-30(21)25)19-36-11-9-32(15-22(16-32)18-33)17-27(36)23-4-6-24(7-5-23)31(39)37-13-12-35(2)29(38)20-37/h4-8,10,14,22,27,34H,9,11-13,15-17,19-20H2,1-3H3. The third kappa shape index (κ3) is 4.62. The summed E-state index contributed by atoms with van der Waals surface area (Å²) in [6.07, 6.45) is 6.01. The number of nitriles is 1. The van der Waals surface area contributed by atoms with Crippen LogP contribution in [-0.2, 0) is 11.3 Å². The summed E-state index contributed by atoms with van der Waals surface area (Å²) in [6, 6.07) is 14.9. The SMILES string of the molecule is COc1cc(C)c2[nH]ccc2c1CN1CCC2(CC(C#N)C2)CC1c1ccc(C(=O)N2CCN(C)C(=O)C2)cc1. The van der Waals surface area contributed by atoms with Crippen LogP contribution in [0.25, 0.3) is 10.9 Å². The number of piperazine rings is 1. The predicted molar refractivity (Wildman–Crippen MR) is 153 cm³/mol. The maximum atomic E-state index is 13.2. The van der Waals surface area contributed by atoms with Gasteiger partial charge < -0.3 is 19.5 Å². The Morgan fingerprint density at radius 1 is 1.15 bits per heavy atom. The number of carbonyl (C=O) groups excluding carboxylic acids is 2. The molecule has 6 rings (SSSR count). The quantitative estimate of drug-likeness (QED) is 0.509. The van der Waals surface area contributed by atoms with Gasteiger partial charge in [-0.05, 0) is 80.0 Å². The van der Waals surface area contributed by atoms with E-state index in [0.29, 0.717) is 18.7 Å². The number of likely N-dealkylation sites (tertiary alicyclic amines) is 1. The molecule has 3 aromatic rings. The van der Waals surface area contributed by atoms with Gasteiger partial charge in [-0.1, -0.05) is 12.1 Å². The first-order valence-corrected chi connectivity index (χ1v) is 14.2. The molecule has 2 saturated heterocycles. The lowest BCUT2D eigenvalue weighted by molar-refractivity contribution is -0.133. The summed E-state index contributed by atoms with van der Waals surface area (Å²) in [5.74, 6) is 0.938. The van der Waals surface area contributed by atoms with Gasteiger partial charge in [-0.3, -0.25) is 14.5 Å². The third-order valence-electron chi connectivity index (χ3n) is 9.52. The van der Waals surface area contributed by atoms with Crippen LogP contribution in [-0.4, -0.2) is 71.8 Å². The molecule has 8 heteroatoms. The molecule has 1 N–H and O–H groups in total. The zero-order valence-corrected chi connectivity index (χ0v) is 23.6. The molecule has 1 saturated carbocycles. The zero-order valence-electron chi connectivity index (χ0n) is 23.6. The van der Waals surface area contributed by atoms with Gasteiger partial charge in [0.25, 0.3) is 5.91 Å². The molecule has 0 radical (unpaired) electrons. The smallest absolute Gasteiger partial charge is 0.254 e. The van der Waals surface area contributed by atoms with Crippen molar-refractivity contribution in [1.82, 2.24) is 19.7 Å². The van der Waals surface area contributed by atoms with Crippen molar-refractivity contribution in [2.75, 3.05) is 40.3 Å². The fraction of sp³-hybridized carbons (Fsp3) is 0.469. The number of carbonyl (C=O) groups is 2. The van der Waals surface area contributed by atoms with Gasteiger partial charge in [-0.25, -0.2) is 0 Å². The Morgan fingerprint density at radius 2 is 1.93 bits per heavy atom. The number of H-pyrrole nitrogens is 1. The minimum atomic E-state index is -0.0972. The number of aryl methyl sites for hydroxylation is 1. The molecule has 2 amide bonds. The second-order valence-electron chi connectivity index (χ2n) is 12.0. The van der Waals surface area contributed by atoms with Crippen LogP contribution in [0.5, 0.6) is 5.75 Å². The lowest BCUT2D eigenvalue weighted by atomic mass is 9.56. The van der Waals surface area contributed by atoms with Crippen LogP contribution in [0.2, 0.25) is 0 Å². The number of likely N-dealkylation sites (N-methyl/N-ethyl adjacent to an activating group) is 1. The average molecular weight is 540 g/mol. The molecule has 40 heavy (non-hydrogen) atoms. The van der Waals surface area contributed by atoms with Gasteiger partial charge in [0.1, 0.15) is 12.3 Å². The molecule has 3 aliphatic rings. The minimum absolute atomic E-state index is 0.0291. The highest BCUT2D eigenvalue weighted by Gasteiger charge is 2.49. The number of hydrogen-bond donors (Lipinski definition) is 1. The van der Waals surface area contributed by atoms with Gasteiger partial charge >= 0.3 is 0 Å². The van der Waals surface area contributed by atoms with E-state index >= 15 is 0 Å². The maximum absolute atomic E-state index is 13.2. The summed E-state index contributed by atoms with van der Waals surface area (Å²) in [5.41, 5.74) is 5.48. The van der Waals surface area contributed by atoms with E-state index in [1.165, 1.54) is 16.5 Å². The molecule has 0 bridgehead atoms. The number of nitrogens with one attached hydrogen (secondary N) is 1.